The molecular weight excluding hydrogens is 240 g/mol. The first-order valence-electron chi connectivity index (χ1n) is 6.64. The number of ether oxygens (including phenoxy) is 1. The number of benzene rings is 1. The van der Waals surface area contributed by atoms with Crippen molar-refractivity contribution in [2.24, 2.45) is 0 Å². The van der Waals surface area contributed by atoms with Crippen LogP contribution in [0.4, 0.5) is 10.5 Å². The Balaban J connectivity index is 2.06. The predicted molar refractivity (Wildman–Crippen MR) is 76.3 cm³/mol. The number of anilines is 1. The molecule has 0 spiro atoms. The third kappa shape index (κ3) is 3.47. The summed E-state index contributed by atoms with van der Waals surface area (Å²) >= 11 is 0. The molecule has 1 aromatic carbocycles. The molecule has 1 saturated carbocycles. The molecule has 4 nitrogen and oxygen atoms in total. The summed E-state index contributed by atoms with van der Waals surface area (Å²) in [6.07, 6.45) is 1.86. The second-order valence-corrected chi connectivity index (χ2v) is 6.04. The molecule has 0 aliphatic heterocycles. The minimum atomic E-state index is -0.482. The van der Waals surface area contributed by atoms with Gasteiger partial charge in [0.05, 0.1) is 0 Å². The summed E-state index contributed by atoms with van der Waals surface area (Å²) in [6, 6.07) is 7.93. The van der Waals surface area contributed by atoms with Crippen molar-refractivity contribution in [2.45, 2.75) is 44.8 Å². The van der Waals surface area contributed by atoms with E-state index in [4.69, 9.17) is 4.74 Å². The normalized spacial score (nSPS) is 16.8. The molecule has 0 radical (unpaired) electrons. The van der Waals surface area contributed by atoms with Crippen LogP contribution in [0.25, 0.3) is 0 Å². The van der Waals surface area contributed by atoms with Gasteiger partial charge in [0.1, 0.15) is 5.60 Å². The van der Waals surface area contributed by atoms with Crippen LogP contribution < -0.4 is 10.6 Å². The zero-order chi connectivity index (χ0) is 14.1. The molecule has 4 heteroatoms. The monoisotopic (exact) mass is 262 g/mol. The molecule has 1 fully saturated rings. The minimum Gasteiger partial charge on any atom is -0.444 e. The fourth-order valence-corrected chi connectivity index (χ4v) is 2.12. The van der Waals surface area contributed by atoms with Crippen LogP contribution in [0.1, 0.15) is 39.2 Å². The Morgan fingerprint density at radius 1 is 1.32 bits per heavy atom. The Bertz CT molecular complexity index is 473. The van der Waals surface area contributed by atoms with Crippen LogP contribution in [0.15, 0.2) is 24.3 Å². The standard InChI is InChI=1S/C15H22N2O2/c1-14(2,3)19-13(18)17-12-7-5-6-11(10-12)15(16-4)8-9-15/h5-7,10,16H,8-9H2,1-4H3,(H,17,18). The number of hydrogen-bond acceptors (Lipinski definition) is 3. The van der Waals surface area contributed by atoms with E-state index in [0.717, 1.165) is 18.5 Å². The number of amides is 1. The van der Waals surface area contributed by atoms with Gasteiger partial charge in [0.15, 0.2) is 0 Å². The summed E-state index contributed by atoms with van der Waals surface area (Å²) in [5.41, 5.74) is 1.60. The number of carbonyl (C=O) groups is 1. The highest BCUT2D eigenvalue weighted by molar-refractivity contribution is 5.85. The second-order valence-electron chi connectivity index (χ2n) is 6.04. The van der Waals surface area contributed by atoms with E-state index >= 15 is 0 Å². The largest absolute Gasteiger partial charge is 0.444 e. The first-order valence-corrected chi connectivity index (χ1v) is 6.64. The van der Waals surface area contributed by atoms with Crippen LogP contribution in [0.3, 0.4) is 0 Å². The van der Waals surface area contributed by atoms with Crippen molar-refractivity contribution in [3.8, 4) is 0 Å². The Labute approximate surface area is 114 Å². The van der Waals surface area contributed by atoms with Crippen LogP contribution in [0, 0.1) is 0 Å². The first kappa shape index (κ1) is 13.9. The molecule has 0 atom stereocenters. The highest BCUT2D eigenvalue weighted by atomic mass is 16.6. The summed E-state index contributed by atoms with van der Waals surface area (Å²) in [5.74, 6) is 0. The van der Waals surface area contributed by atoms with Crippen LogP contribution in [0.5, 0.6) is 0 Å². The number of carbonyl (C=O) groups excluding carboxylic acids is 1. The van der Waals surface area contributed by atoms with E-state index in [1.54, 1.807) is 0 Å². The van der Waals surface area contributed by atoms with Crippen molar-refractivity contribution in [3.63, 3.8) is 0 Å². The van der Waals surface area contributed by atoms with Gasteiger partial charge in [0, 0.05) is 11.2 Å². The van der Waals surface area contributed by atoms with Crippen LogP contribution in [-0.2, 0) is 10.3 Å². The van der Waals surface area contributed by atoms with E-state index in [2.05, 4.69) is 16.7 Å². The van der Waals surface area contributed by atoms with Gasteiger partial charge in [-0.15, -0.1) is 0 Å². The molecule has 2 N–H and O–H groups in total. The van der Waals surface area contributed by atoms with Gasteiger partial charge in [-0.25, -0.2) is 4.79 Å². The Hall–Kier alpha value is -1.55. The molecule has 1 aliphatic carbocycles. The Kier molecular flexibility index (Phi) is 3.54. The smallest absolute Gasteiger partial charge is 0.412 e. The lowest BCUT2D eigenvalue weighted by Crippen LogP contribution is -2.27. The molecule has 1 aromatic rings. The van der Waals surface area contributed by atoms with Gasteiger partial charge in [-0.2, -0.15) is 0 Å². The maximum atomic E-state index is 11.7. The van der Waals surface area contributed by atoms with Crippen molar-refractivity contribution >= 4 is 11.8 Å². The van der Waals surface area contributed by atoms with Crippen LogP contribution in [0.2, 0.25) is 0 Å². The van der Waals surface area contributed by atoms with Gasteiger partial charge in [-0.05, 0) is 58.4 Å². The van der Waals surface area contributed by atoms with Gasteiger partial charge in [0.25, 0.3) is 0 Å². The van der Waals surface area contributed by atoms with E-state index in [0.29, 0.717) is 0 Å². The molecule has 0 bridgehead atoms. The molecule has 0 heterocycles. The predicted octanol–water partition coefficient (Wildman–Crippen LogP) is 3.24. The molecule has 104 valence electrons. The van der Waals surface area contributed by atoms with Gasteiger partial charge >= 0.3 is 6.09 Å². The Morgan fingerprint density at radius 2 is 2.00 bits per heavy atom. The van der Waals surface area contributed by atoms with Crippen LogP contribution >= 0.6 is 0 Å². The van der Waals surface area contributed by atoms with E-state index in [1.807, 2.05) is 46.0 Å². The summed E-state index contributed by atoms with van der Waals surface area (Å²) in [7, 11) is 1.97. The van der Waals surface area contributed by atoms with E-state index in [1.165, 1.54) is 5.56 Å². The minimum absolute atomic E-state index is 0.103. The van der Waals surface area contributed by atoms with Gasteiger partial charge in [0.2, 0.25) is 0 Å². The fraction of sp³-hybridized carbons (Fsp3) is 0.533. The van der Waals surface area contributed by atoms with E-state index in [9.17, 15) is 4.79 Å². The maximum absolute atomic E-state index is 11.7. The quantitative estimate of drug-likeness (QED) is 0.879. The van der Waals surface area contributed by atoms with Crippen molar-refractivity contribution < 1.29 is 9.53 Å². The van der Waals surface area contributed by atoms with Gasteiger partial charge in [-0.1, -0.05) is 12.1 Å². The molecule has 19 heavy (non-hydrogen) atoms. The molecule has 0 saturated heterocycles. The highest BCUT2D eigenvalue weighted by Gasteiger charge is 2.42. The van der Waals surface area contributed by atoms with Crippen LogP contribution in [-0.4, -0.2) is 18.7 Å². The fourth-order valence-electron chi connectivity index (χ4n) is 2.12. The van der Waals surface area contributed by atoms with E-state index in [-0.39, 0.29) is 5.54 Å². The summed E-state index contributed by atoms with van der Waals surface area (Å²) in [6.45, 7) is 5.55. The molecule has 0 aromatic heterocycles. The van der Waals surface area contributed by atoms with Gasteiger partial charge in [-0.3, -0.25) is 5.32 Å². The summed E-state index contributed by atoms with van der Waals surface area (Å²) in [4.78, 5) is 11.7. The van der Waals surface area contributed by atoms with E-state index < -0.39 is 11.7 Å². The number of nitrogens with one attached hydrogen (secondary N) is 2. The Morgan fingerprint density at radius 3 is 2.53 bits per heavy atom. The topological polar surface area (TPSA) is 50.4 Å². The average Bonchev–Trinajstić information content (AvgIpc) is 3.07. The maximum Gasteiger partial charge on any atom is 0.412 e. The molecule has 1 aliphatic rings. The molecule has 1 amide bonds. The van der Waals surface area contributed by atoms with Crippen molar-refractivity contribution in [1.82, 2.24) is 5.32 Å². The lowest BCUT2D eigenvalue weighted by Gasteiger charge is -2.20. The highest BCUT2D eigenvalue weighted by Crippen LogP contribution is 2.45. The third-order valence-corrected chi connectivity index (χ3v) is 3.29. The molecule has 0 unspecified atom stereocenters. The lowest BCUT2D eigenvalue weighted by atomic mass is 10.0. The van der Waals surface area contributed by atoms with Gasteiger partial charge < -0.3 is 10.1 Å². The third-order valence-electron chi connectivity index (χ3n) is 3.29. The second kappa shape index (κ2) is 4.85. The molecular formula is C15H22N2O2. The average molecular weight is 262 g/mol. The van der Waals surface area contributed by atoms with Crippen molar-refractivity contribution in [2.75, 3.05) is 12.4 Å². The molecule has 2 rings (SSSR count). The van der Waals surface area contributed by atoms with Crippen molar-refractivity contribution in [3.05, 3.63) is 29.8 Å². The lowest BCUT2D eigenvalue weighted by molar-refractivity contribution is 0.0636. The number of hydrogen-bond donors (Lipinski definition) is 2. The number of rotatable bonds is 3. The summed E-state index contributed by atoms with van der Waals surface area (Å²) < 4.78 is 5.24. The summed E-state index contributed by atoms with van der Waals surface area (Å²) in [5, 5.41) is 6.12. The SMILES string of the molecule is CNC1(c2cccc(NC(=O)OC(C)(C)C)c2)CC1. The zero-order valence-electron chi connectivity index (χ0n) is 12.0. The zero-order valence-corrected chi connectivity index (χ0v) is 12.0. The van der Waals surface area contributed by atoms with Crippen molar-refractivity contribution in [1.29, 1.82) is 0 Å². The first-order chi connectivity index (χ1) is 8.85.